The van der Waals surface area contributed by atoms with Crippen molar-refractivity contribution >= 4 is 11.9 Å². The van der Waals surface area contributed by atoms with Gasteiger partial charge in [0.1, 0.15) is 0 Å². The van der Waals surface area contributed by atoms with Gasteiger partial charge in [0, 0.05) is 58.4 Å². The van der Waals surface area contributed by atoms with Crippen molar-refractivity contribution in [1.82, 2.24) is 20.0 Å². The predicted octanol–water partition coefficient (Wildman–Crippen LogP) is 1.73. The molecule has 1 aromatic heterocycles. The van der Waals surface area contributed by atoms with Gasteiger partial charge in [-0.1, -0.05) is 0 Å². The van der Waals surface area contributed by atoms with E-state index in [0.29, 0.717) is 30.9 Å². The number of carbonyl (C=O) groups is 1. The monoisotopic (exact) mass is 363 g/mol. The number of amides is 1. The Morgan fingerprint density at radius 2 is 1.81 bits per heavy atom. The van der Waals surface area contributed by atoms with E-state index in [4.69, 9.17) is 4.42 Å². The van der Waals surface area contributed by atoms with Crippen LogP contribution in [0.15, 0.2) is 27.8 Å². The number of furan rings is 1. The van der Waals surface area contributed by atoms with Crippen molar-refractivity contribution < 1.29 is 9.21 Å². The van der Waals surface area contributed by atoms with Crippen LogP contribution in [0.1, 0.15) is 38.2 Å². The Kier molecular flexibility index (Phi) is 7.50. The van der Waals surface area contributed by atoms with Crippen LogP contribution in [0.4, 0.5) is 0 Å². The van der Waals surface area contributed by atoms with E-state index in [2.05, 4.69) is 47.8 Å². The zero-order valence-electron chi connectivity index (χ0n) is 16.7. The number of carbonyl (C=O) groups excluding carboxylic acids is 1. The molecule has 7 heteroatoms. The normalized spacial score (nSPS) is 16.1. The zero-order chi connectivity index (χ0) is 19.1. The second-order valence-corrected chi connectivity index (χ2v) is 7.16. The summed E-state index contributed by atoms with van der Waals surface area (Å²) in [6, 6.07) is 4.50. The smallest absolute Gasteiger partial charge is 0.289 e. The van der Waals surface area contributed by atoms with E-state index < -0.39 is 0 Å². The summed E-state index contributed by atoms with van der Waals surface area (Å²) < 4.78 is 5.21. The van der Waals surface area contributed by atoms with Gasteiger partial charge in [0.25, 0.3) is 5.91 Å². The van der Waals surface area contributed by atoms with Crippen molar-refractivity contribution in [2.75, 3.05) is 46.3 Å². The third-order valence-electron chi connectivity index (χ3n) is 4.79. The Bertz CT molecular complexity index is 567. The Morgan fingerprint density at radius 1 is 1.19 bits per heavy atom. The maximum absolute atomic E-state index is 12.3. The Morgan fingerprint density at radius 3 is 2.31 bits per heavy atom. The fourth-order valence-corrected chi connectivity index (χ4v) is 3.42. The lowest BCUT2D eigenvalue weighted by molar-refractivity contribution is 0.0657. The molecular formula is C19H33N5O2. The first-order chi connectivity index (χ1) is 12.4. The Hall–Kier alpha value is -2.02. The van der Waals surface area contributed by atoms with Crippen LogP contribution in [0.5, 0.6) is 0 Å². The summed E-state index contributed by atoms with van der Waals surface area (Å²) in [6.45, 7) is 13.6. The first-order valence-corrected chi connectivity index (χ1v) is 9.48. The van der Waals surface area contributed by atoms with E-state index >= 15 is 0 Å². The SMILES string of the molecule is CN=C(NCCN(C(C)C)C(C)C)N1CCN(C(=O)c2ccco2)CC1. The number of nitrogens with zero attached hydrogens (tertiary/aromatic N) is 4. The molecule has 1 aromatic rings. The van der Waals surface area contributed by atoms with Crippen LogP contribution in [0.25, 0.3) is 0 Å². The summed E-state index contributed by atoms with van der Waals surface area (Å²) in [5, 5.41) is 3.46. The van der Waals surface area contributed by atoms with Gasteiger partial charge < -0.3 is 19.5 Å². The highest BCUT2D eigenvalue weighted by molar-refractivity contribution is 5.91. The molecule has 1 saturated heterocycles. The maximum atomic E-state index is 12.3. The van der Waals surface area contributed by atoms with Crippen LogP contribution in [0.2, 0.25) is 0 Å². The predicted molar refractivity (Wildman–Crippen MR) is 105 cm³/mol. The molecular weight excluding hydrogens is 330 g/mol. The molecule has 0 bridgehead atoms. The Balaban J connectivity index is 1.80. The van der Waals surface area contributed by atoms with Crippen LogP contribution in [0, 0.1) is 0 Å². The van der Waals surface area contributed by atoms with Crippen molar-refractivity contribution in [3.63, 3.8) is 0 Å². The molecule has 1 N–H and O–H groups in total. The average Bonchev–Trinajstić information content (AvgIpc) is 3.15. The highest BCUT2D eigenvalue weighted by Crippen LogP contribution is 2.09. The topological polar surface area (TPSA) is 64.3 Å². The lowest BCUT2D eigenvalue weighted by Crippen LogP contribution is -2.54. The zero-order valence-corrected chi connectivity index (χ0v) is 16.7. The summed E-state index contributed by atoms with van der Waals surface area (Å²) in [7, 11) is 1.81. The number of piperazine rings is 1. The first-order valence-electron chi connectivity index (χ1n) is 9.48. The van der Waals surface area contributed by atoms with Crippen molar-refractivity contribution in [3.05, 3.63) is 24.2 Å². The second-order valence-electron chi connectivity index (χ2n) is 7.16. The third kappa shape index (κ3) is 5.24. The lowest BCUT2D eigenvalue weighted by atomic mass is 10.2. The number of hydrogen-bond donors (Lipinski definition) is 1. The molecule has 1 aliphatic rings. The van der Waals surface area contributed by atoms with E-state index in [1.807, 2.05) is 11.9 Å². The quantitative estimate of drug-likeness (QED) is 0.616. The molecule has 0 atom stereocenters. The second kappa shape index (κ2) is 9.62. The Labute approximate surface area is 157 Å². The molecule has 0 unspecified atom stereocenters. The molecule has 7 nitrogen and oxygen atoms in total. The molecule has 0 spiro atoms. The van der Waals surface area contributed by atoms with E-state index in [-0.39, 0.29) is 5.91 Å². The lowest BCUT2D eigenvalue weighted by Gasteiger charge is -2.36. The van der Waals surface area contributed by atoms with E-state index in [9.17, 15) is 4.79 Å². The molecule has 0 aromatic carbocycles. The largest absolute Gasteiger partial charge is 0.459 e. The van der Waals surface area contributed by atoms with Crippen LogP contribution >= 0.6 is 0 Å². The van der Waals surface area contributed by atoms with Gasteiger partial charge in [-0.25, -0.2) is 0 Å². The van der Waals surface area contributed by atoms with Gasteiger partial charge in [0.05, 0.1) is 6.26 Å². The van der Waals surface area contributed by atoms with Gasteiger partial charge in [-0.3, -0.25) is 14.7 Å². The summed E-state index contributed by atoms with van der Waals surface area (Å²) in [4.78, 5) is 23.3. The third-order valence-corrected chi connectivity index (χ3v) is 4.79. The van der Waals surface area contributed by atoms with Crippen LogP contribution in [-0.2, 0) is 0 Å². The van der Waals surface area contributed by atoms with Gasteiger partial charge in [0.15, 0.2) is 11.7 Å². The molecule has 2 heterocycles. The molecule has 26 heavy (non-hydrogen) atoms. The minimum atomic E-state index is -0.0397. The van der Waals surface area contributed by atoms with Crippen LogP contribution < -0.4 is 5.32 Å². The van der Waals surface area contributed by atoms with Gasteiger partial charge >= 0.3 is 0 Å². The number of guanidine groups is 1. The van der Waals surface area contributed by atoms with Crippen molar-refractivity contribution in [3.8, 4) is 0 Å². The molecule has 1 amide bonds. The van der Waals surface area contributed by atoms with Crippen molar-refractivity contribution in [1.29, 1.82) is 0 Å². The van der Waals surface area contributed by atoms with Crippen molar-refractivity contribution in [2.24, 2.45) is 4.99 Å². The van der Waals surface area contributed by atoms with Crippen LogP contribution in [0.3, 0.4) is 0 Å². The van der Waals surface area contributed by atoms with Crippen LogP contribution in [-0.4, -0.2) is 85.0 Å². The fraction of sp³-hybridized carbons (Fsp3) is 0.684. The number of rotatable bonds is 6. The minimum absolute atomic E-state index is 0.0397. The maximum Gasteiger partial charge on any atom is 0.289 e. The van der Waals surface area contributed by atoms with Crippen molar-refractivity contribution in [2.45, 2.75) is 39.8 Å². The summed E-state index contributed by atoms with van der Waals surface area (Å²) >= 11 is 0. The number of nitrogens with one attached hydrogen (secondary N) is 1. The molecule has 2 rings (SSSR count). The molecule has 0 radical (unpaired) electrons. The van der Waals surface area contributed by atoms with E-state index in [1.54, 1.807) is 12.1 Å². The molecule has 0 saturated carbocycles. The van der Waals surface area contributed by atoms with Gasteiger partial charge in [0.2, 0.25) is 0 Å². The highest BCUT2D eigenvalue weighted by Gasteiger charge is 2.25. The number of aliphatic imine (C=N–C) groups is 1. The van der Waals surface area contributed by atoms with Gasteiger partial charge in [-0.15, -0.1) is 0 Å². The first kappa shape index (κ1) is 20.3. The minimum Gasteiger partial charge on any atom is -0.459 e. The average molecular weight is 364 g/mol. The fourth-order valence-electron chi connectivity index (χ4n) is 3.42. The van der Waals surface area contributed by atoms with E-state index in [1.165, 1.54) is 6.26 Å². The highest BCUT2D eigenvalue weighted by atomic mass is 16.3. The van der Waals surface area contributed by atoms with E-state index in [0.717, 1.165) is 32.1 Å². The summed E-state index contributed by atoms with van der Waals surface area (Å²) in [5.41, 5.74) is 0. The summed E-state index contributed by atoms with van der Waals surface area (Å²) in [6.07, 6.45) is 1.53. The molecule has 0 aliphatic carbocycles. The summed E-state index contributed by atoms with van der Waals surface area (Å²) in [5.74, 6) is 1.27. The van der Waals surface area contributed by atoms with Gasteiger partial charge in [-0.2, -0.15) is 0 Å². The van der Waals surface area contributed by atoms with Gasteiger partial charge in [-0.05, 0) is 39.8 Å². The molecule has 146 valence electrons. The molecule has 1 fully saturated rings. The standard InChI is InChI=1S/C19H33N5O2/c1-15(2)24(16(3)4)9-8-21-19(20-5)23-12-10-22(11-13-23)18(25)17-7-6-14-26-17/h6-7,14-16H,8-13H2,1-5H3,(H,20,21). The molecule has 1 aliphatic heterocycles. The number of hydrogen-bond acceptors (Lipinski definition) is 4.